The van der Waals surface area contributed by atoms with Crippen molar-refractivity contribution in [2.24, 2.45) is 11.1 Å². The van der Waals surface area contributed by atoms with E-state index in [1.807, 2.05) is 38.1 Å². The molecule has 0 aliphatic carbocycles. The monoisotopic (exact) mass is 412 g/mol. The van der Waals surface area contributed by atoms with Gasteiger partial charge in [-0.25, -0.2) is 0 Å². The minimum Gasteiger partial charge on any atom is -0.424 e. The van der Waals surface area contributed by atoms with Gasteiger partial charge in [-0.05, 0) is 36.8 Å². The number of nitrogens with two attached hydrogens (primary N) is 1. The Labute approximate surface area is 174 Å². The summed E-state index contributed by atoms with van der Waals surface area (Å²) in [6.45, 7) is 12.2. The third kappa shape index (κ3) is 6.49. The maximum atomic E-state index is 11.6. The molecular weight excluding hydrogens is 383 g/mol. The fourth-order valence-corrected chi connectivity index (χ4v) is 2.95. The van der Waals surface area contributed by atoms with Crippen LogP contribution in [0.5, 0.6) is 5.75 Å². The molecule has 0 saturated carbocycles. The maximum Gasteiger partial charge on any atom is 0.308 e. The van der Waals surface area contributed by atoms with Crippen LogP contribution in [0.2, 0.25) is 0 Å². The van der Waals surface area contributed by atoms with E-state index in [0.717, 1.165) is 28.8 Å². The van der Waals surface area contributed by atoms with Gasteiger partial charge in [0.15, 0.2) is 5.75 Å². The van der Waals surface area contributed by atoms with E-state index in [4.69, 9.17) is 15.5 Å². The maximum absolute atomic E-state index is 11.6. The Morgan fingerprint density at radius 3 is 2.11 bits per heavy atom. The molecule has 0 radical (unpaired) electrons. The zero-order valence-corrected chi connectivity index (χ0v) is 18.5. The minimum absolute atomic E-state index is 0. The SMILES string of the molecule is CC(=O)Oc1c(C)nc(CC(C)(C)C)c(CN)c1-c1ccc(C)cc1.Cl.Cl. The average molecular weight is 413 g/mol. The third-order valence-corrected chi connectivity index (χ3v) is 4.00. The van der Waals surface area contributed by atoms with Crippen molar-refractivity contribution in [2.45, 2.75) is 54.5 Å². The first-order valence-corrected chi connectivity index (χ1v) is 8.60. The summed E-state index contributed by atoms with van der Waals surface area (Å²) in [6.07, 6.45) is 0.805. The molecule has 0 atom stereocenters. The Bertz CT molecular complexity index is 782. The number of hydrogen-bond acceptors (Lipinski definition) is 4. The van der Waals surface area contributed by atoms with Crippen LogP contribution < -0.4 is 10.5 Å². The molecule has 150 valence electrons. The van der Waals surface area contributed by atoms with Crippen LogP contribution in [0.4, 0.5) is 0 Å². The number of aryl methyl sites for hydroxylation is 2. The molecule has 1 heterocycles. The summed E-state index contributed by atoms with van der Waals surface area (Å²) in [4.78, 5) is 16.4. The number of aromatic nitrogens is 1. The van der Waals surface area contributed by atoms with Crippen molar-refractivity contribution in [3.63, 3.8) is 0 Å². The fourth-order valence-electron chi connectivity index (χ4n) is 2.95. The lowest BCUT2D eigenvalue weighted by atomic mass is 9.86. The van der Waals surface area contributed by atoms with Crippen molar-refractivity contribution in [1.29, 1.82) is 0 Å². The van der Waals surface area contributed by atoms with Gasteiger partial charge in [-0.1, -0.05) is 50.6 Å². The van der Waals surface area contributed by atoms with Crippen LogP contribution >= 0.6 is 24.8 Å². The summed E-state index contributed by atoms with van der Waals surface area (Å²) in [7, 11) is 0. The van der Waals surface area contributed by atoms with Crippen LogP contribution in [-0.2, 0) is 17.8 Å². The highest BCUT2D eigenvalue weighted by Gasteiger charge is 2.23. The highest BCUT2D eigenvalue weighted by molar-refractivity contribution is 5.85. The van der Waals surface area contributed by atoms with E-state index < -0.39 is 0 Å². The van der Waals surface area contributed by atoms with E-state index in [1.165, 1.54) is 12.5 Å². The summed E-state index contributed by atoms with van der Waals surface area (Å²) < 4.78 is 5.53. The molecule has 0 fully saturated rings. The number of esters is 1. The first-order valence-electron chi connectivity index (χ1n) is 8.60. The molecule has 4 nitrogen and oxygen atoms in total. The lowest BCUT2D eigenvalue weighted by Gasteiger charge is -2.23. The molecule has 6 heteroatoms. The molecule has 2 aromatic rings. The molecule has 0 unspecified atom stereocenters. The topological polar surface area (TPSA) is 65.2 Å². The molecule has 0 saturated heterocycles. The molecule has 0 amide bonds. The predicted molar refractivity (Wildman–Crippen MR) is 116 cm³/mol. The molecule has 0 aliphatic rings. The largest absolute Gasteiger partial charge is 0.424 e. The van der Waals surface area contributed by atoms with E-state index in [1.54, 1.807) is 0 Å². The molecule has 27 heavy (non-hydrogen) atoms. The van der Waals surface area contributed by atoms with Crippen molar-refractivity contribution in [3.05, 3.63) is 46.8 Å². The molecule has 1 aromatic heterocycles. The quantitative estimate of drug-likeness (QED) is 0.702. The van der Waals surface area contributed by atoms with Gasteiger partial charge in [0.1, 0.15) is 0 Å². The van der Waals surface area contributed by atoms with Crippen LogP contribution in [0.25, 0.3) is 11.1 Å². The first kappa shape index (κ1) is 25.4. The van der Waals surface area contributed by atoms with Crippen molar-refractivity contribution >= 4 is 30.8 Å². The number of pyridine rings is 1. The zero-order chi connectivity index (χ0) is 18.8. The van der Waals surface area contributed by atoms with Crippen LogP contribution in [0.15, 0.2) is 24.3 Å². The van der Waals surface area contributed by atoms with Gasteiger partial charge >= 0.3 is 5.97 Å². The molecule has 1 aromatic carbocycles. The van der Waals surface area contributed by atoms with Gasteiger partial charge in [0.2, 0.25) is 0 Å². The van der Waals surface area contributed by atoms with Crippen LogP contribution in [0.1, 0.15) is 50.2 Å². The van der Waals surface area contributed by atoms with Crippen LogP contribution in [0.3, 0.4) is 0 Å². The number of benzene rings is 1. The lowest BCUT2D eigenvalue weighted by Crippen LogP contribution is -2.17. The first-order chi connectivity index (χ1) is 11.6. The second kappa shape index (κ2) is 10.1. The van der Waals surface area contributed by atoms with Gasteiger partial charge in [0.05, 0.1) is 5.69 Å². The molecule has 0 aliphatic heterocycles. The van der Waals surface area contributed by atoms with E-state index in [2.05, 4.69) is 20.8 Å². The van der Waals surface area contributed by atoms with Gasteiger partial charge in [0.25, 0.3) is 0 Å². The number of rotatable bonds is 4. The van der Waals surface area contributed by atoms with Crippen LogP contribution in [-0.4, -0.2) is 11.0 Å². The normalized spacial score (nSPS) is 10.6. The van der Waals surface area contributed by atoms with Gasteiger partial charge < -0.3 is 10.5 Å². The average Bonchev–Trinajstić information content (AvgIpc) is 2.48. The highest BCUT2D eigenvalue weighted by atomic mass is 35.5. The van der Waals surface area contributed by atoms with Crippen molar-refractivity contribution in [2.75, 3.05) is 0 Å². The van der Waals surface area contributed by atoms with Crippen molar-refractivity contribution in [1.82, 2.24) is 4.98 Å². The van der Waals surface area contributed by atoms with Gasteiger partial charge in [-0.2, -0.15) is 0 Å². The number of carbonyl (C=O) groups excluding carboxylic acids is 1. The lowest BCUT2D eigenvalue weighted by molar-refractivity contribution is -0.131. The van der Waals surface area contributed by atoms with Crippen molar-refractivity contribution < 1.29 is 9.53 Å². The number of hydrogen-bond donors (Lipinski definition) is 1. The summed E-state index contributed by atoms with van der Waals surface area (Å²) in [5.74, 6) is 0.152. The molecular formula is C21H30Cl2N2O2. The third-order valence-electron chi connectivity index (χ3n) is 4.00. The van der Waals surface area contributed by atoms with Gasteiger partial charge in [-0.3, -0.25) is 9.78 Å². The molecule has 2 N–H and O–H groups in total. The Kier molecular flexibility index (Phi) is 9.47. The summed E-state index contributed by atoms with van der Waals surface area (Å²) >= 11 is 0. The minimum atomic E-state index is -0.357. The summed E-state index contributed by atoms with van der Waals surface area (Å²) in [5.41, 5.74) is 11.9. The standard InChI is InChI=1S/C21H28N2O2.2ClH/c1-13-7-9-16(10-8-13)19-17(12-22)18(11-21(4,5)6)23-14(2)20(19)25-15(3)24;;/h7-10H,11-12,22H2,1-6H3;2*1H. The molecule has 2 rings (SSSR count). The van der Waals surface area contributed by atoms with E-state index in [0.29, 0.717) is 18.0 Å². The Morgan fingerprint density at radius 2 is 1.67 bits per heavy atom. The number of ether oxygens (including phenoxy) is 1. The Balaban J connectivity index is 0.00000338. The molecule has 0 bridgehead atoms. The predicted octanol–water partition coefficient (Wildman–Crippen LogP) is 5.18. The number of halogens is 2. The second-order valence-electron chi connectivity index (χ2n) is 7.73. The van der Waals surface area contributed by atoms with Gasteiger partial charge in [-0.15, -0.1) is 24.8 Å². The fraction of sp³-hybridized carbons (Fsp3) is 0.429. The summed E-state index contributed by atoms with van der Waals surface area (Å²) in [6, 6.07) is 8.17. The Hall–Kier alpha value is -1.62. The number of carbonyl (C=O) groups is 1. The highest BCUT2D eigenvalue weighted by Crippen LogP contribution is 2.38. The van der Waals surface area contributed by atoms with Crippen molar-refractivity contribution in [3.8, 4) is 16.9 Å². The zero-order valence-electron chi connectivity index (χ0n) is 16.9. The summed E-state index contributed by atoms with van der Waals surface area (Å²) in [5, 5.41) is 0. The van der Waals surface area contributed by atoms with Crippen LogP contribution in [0, 0.1) is 19.3 Å². The second-order valence-corrected chi connectivity index (χ2v) is 7.73. The smallest absolute Gasteiger partial charge is 0.308 e. The molecule has 0 spiro atoms. The van der Waals surface area contributed by atoms with E-state index >= 15 is 0 Å². The number of nitrogens with zero attached hydrogens (tertiary/aromatic N) is 1. The van der Waals surface area contributed by atoms with E-state index in [-0.39, 0.29) is 36.2 Å². The van der Waals surface area contributed by atoms with Gasteiger partial charge in [0, 0.05) is 24.7 Å². The van der Waals surface area contributed by atoms with E-state index in [9.17, 15) is 4.79 Å². The Morgan fingerprint density at radius 1 is 1.11 bits per heavy atom.